The maximum atomic E-state index is 9.35. The van der Waals surface area contributed by atoms with Gasteiger partial charge in [-0.25, -0.2) is 0 Å². The number of rotatable bonds is 2. The fourth-order valence-electron chi connectivity index (χ4n) is 2.22. The van der Waals surface area contributed by atoms with E-state index in [2.05, 4.69) is 31.2 Å². The van der Waals surface area contributed by atoms with Gasteiger partial charge in [-0.15, -0.1) is 0 Å². The van der Waals surface area contributed by atoms with Crippen LogP contribution in [0, 0.1) is 6.92 Å². The maximum absolute atomic E-state index is 9.35. The second-order valence-corrected chi connectivity index (χ2v) is 3.96. The summed E-state index contributed by atoms with van der Waals surface area (Å²) in [5.41, 5.74) is 1.50. The van der Waals surface area contributed by atoms with E-state index in [4.69, 9.17) is 0 Å². The fraction of sp³-hybridized carbons (Fsp3) is 0.417. The molecule has 0 heterocycles. The van der Waals surface area contributed by atoms with Gasteiger partial charge in [0.1, 0.15) is 0 Å². The molecule has 0 atom stereocenters. The second-order valence-electron chi connectivity index (χ2n) is 3.96. The van der Waals surface area contributed by atoms with E-state index in [0.717, 1.165) is 19.3 Å². The van der Waals surface area contributed by atoms with Crippen molar-refractivity contribution in [2.24, 2.45) is 0 Å². The van der Waals surface area contributed by atoms with E-state index in [-0.39, 0.29) is 62.9 Å². The molecular weight excluding hydrogens is 199 g/mol. The van der Waals surface area contributed by atoms with E-state index in [1.807, 2.05) is 6.07 Å². The quantitative estimate of drug-likeness (QED) is 0.510. The van der Waals surface area contributed by atoms with Crippen molar-refractivity contribution in [3.05, 3.63) is 42.8 Å². The van der Waals surface area contributed by atoms with Gasteiger partial charge in [0.05, 0.1) is 6.10 Å². The van der Waals surface area contributed by atoms with Gasteiger partial charge in [-0.3, -0.25) is 0 Å². The fourth-order valence-corrected chi connectivity index (χ4v) is 2.22. The van der Waals surface area contributed by atoms with Crippen LogP contribution in [-0.2, 0) is 5.41 Å². The first kappa shape index (κ1) is 12.9. The molecule has 1 saturated carbocycles. The summed E-state index contributed by atoms with van der Waals surface area (Å²) in [6.07, 6.45) is 2.52. The summed E-state index contributed by atoms with van der Waals surface area (Å²) in [6, 6.07) is 10.4. The van der Waals surface area contributed by atoms with E-state index < -0.39 is 0 Å². The van der Waals surface area contributed by atoms with Gasteiger partial charge in [0, 0.05) is 0 Å². The van der Waals surface area contributed by atoms with Gasteiger partial charge in [0.2, 0.25) is 0 Å². The average molecular weight is 214 g/mol. The molecule has 0 spiro atoms. The summed E-state index contributed by atoms with van der Waals surface area (Å²) in [5.74, 6) is 0. The molecule has 0 bridgehead atoms. The zero-order chi connectivity index (χ0) is 9.31. The Kier molecular flexibility index (Phi) is 4.82. The molecule has 2 heteroatoms. The van der Waals surface area contributed by atoms with Gasteiger partial charge in [-0.2, -0.15) is 6.42 Å². The Morgan fingerprint density at radius 2 is 1.86 bits per heavy atom. The standard InChI is InChI=1S/C12H15O.K/c1-2-12(8-11(13)9-12)10-6-4-3-5-7-10;/h3-7,11,13H,1-2,8-9H2;/q-1;+1. The summed E-state index contributed by atoms with van der Waals surface area (Å²) in [5, 5.41) is 9.35. The van der Waals surface area contributed by atoms with Gasteiger partial charge in [0.25, 0.3) is 0 Å². The molecular formula is C12H15KO. The molecule has 1 aliphatic rings. The normalized spacial score (nSPS) is 30.3. The Balaban J connectivity index is 0.000000980. The molecule has 0 radical (unpaired) electrons. The first-order valence-corrected chi connectivity index (χ1v) is 4.80. The minimum Gasteiger partial charge on any atom is -0.393 e. The van der Waals surface area contributed by atoms with Crippen LogP contribution in [0.15, 0.2) is 30.3 Å². The molecule has 1 nitrogen and oxygen atoms in total. The summed E-state index contributed by atoms with van der Waals surface area (Å²) >= 11 is 0. The van der Waals surface area contributed by atoms with Crippen molar-refractivity contribution >= 4 is 0 Å². The van der Waals surface area contributed by atoms with Gasteiger partial charge >= 0.3 is 51.4 Å². The van der Waals surface area contributed by atoms with Crippen LogP contribution >= 0.6 is 0 Å². The molecule has 0 unspecified atom stereocenters. The molecule has 1 aromatic rings. The Hall–Kier alpha value is 0.816. The average Bonchev–Trinajstić information content (AvgIpc) is 2.14. The van der Waals surface area contributed by atoms with Crippen LogP contribution in [0.4, 0.5) is 0 Å². The third kappa shape index (κ3) is 2.31. The van der Waals surface area contributed by atoms with Gasteiger partial charge in [-0.1, -0.05) is 30.3 Å². The monoisotopic (exact) mass is 214 g/mol. The summed E-state index contributed by atoms with van der Waals surface area (Å²) in [4.78, 5) is 0. The molecule has 1 aliphatic carbocycles. The third-order valence-electron chi connectivity index (χ3n) is 3.12. The Labute approximate surface area is 128 Å². The molecule has 1 N–H and O–H groups in total. The second kappa shape index (κ2) is 5.24. The molecule has 1 fully saturated rings. The van der Waals surface area contributed by atoms with Crippen LogP contribution in [0.5, 0.6) is 0 Å². The molecule has 14 heavy (non-hydrogen) atoms. The number of aliphatic hydroxyl groups excluding tert-OH is 1. The van der Waals surface area contributed by atoms with E-state index >= 15 is 0 Å². The zero-order valence-electron chi connectivity index (χ0n) is 8.74. The number of hydrogen-bond donors (Lipinski definition) is 1. The van der Waals surface area contributed by atoms with Crippen LogP contribution in [0.25, 0.3) is 0 Å². The van der Waals surface area contributed by atoms with E-state index in [1.165, 1.54) is 5.56 Å². The molecule has 1 aromatic carbocycles. The summed E-state index contributed by atoms with van der Waals surface area (Å²) in [7, 11) is 0. The Morgan fingerprint density at radius 1 is 1.29 bits per heavy atom. The zero-order valence-corrected chi connectivity index (χ0v) is 11.9. The van der Waals surface area contributed by atoms with Crippen molar-refractivity contribution in [2.45, 2.75) is 30.8 Å². The molecule has 0 amide bonds. The number of benzene rings is 1. The van der Waals surface area contributed by atoms with Crippen molar-refractivity contribution in [1.82, 2.24) is 0 Å². The van der Waals surface area contributed by atoms with Crippen LogP contribution in [-0.4, -0.2) is 11.2 Å². The van der Waals surface area contributed by atoms with Crippen molar-refractivity contribution in [1.29, 1.82) is 0 Å². The predicted molar refractivity (Wildman–Crippen MR) is 53.3 cm³/mol. The topological polar surface area (TPSA) is 20.2 Å². The summed E-state index contributed by atoms with van der Waals surface area (Å²) < 4.78 is 0. The number of aliphatic hydroxyl groups is 1. The first-order valence-electron chi connectivity index (χ1n) is 4.80. The predicted octanol–water partition coefficient (Wildman–Crippen LogP) is -0.693. The largest absolute Gasteiger partial charge is 1.00 e. The third-order valence-corrected chi connectivity index (χ3v) is 3.12. The van der Waals surface area contributed by atoms with Crippen molar-refractivity contribution in [2.75, 3.05) is 0 Å². The van der Waals surface area contributed by atoms with E-state index in [0.29, 0.717) is 0 Å². The van der Waals surface area contributed by atoms with Crippen LogP contribution in [0.1, 0.15) is 24.8 Å². The van der Waals surface area contributed by atoms with E-state index in [9.17, 15) is 5.11 Å². The minimum absolute atomic E-state index is 0. The molecule has 0 aromatic heterocycles. The van der Waals surface area contributed by atoms with Gasteiger partial charge in [0.15, 0.2) is 0 Å². The minimum atomic E-state index is -0.109. The molecule has 0 saturated heterocycles. The van der Waals surface area contributed by atoms with Crippen LogP contribution < -0.4 is 51.4 Å². The van der Waals surface area contributed by atoms with Crippen molar-refractivity contribution in [3.8, 4) is 0 Å². The van der Waals surface area contributed by atoms with E-state index in [1.54, 1.807) is 0 Å². The Morgan fingerprint density at radius 3 is 2.29 bits per heavy atom. The summed E-state index contributed by atoms with van der Waals surface area (Å²) in [6.45, 7) is 3.98. The molecule has 0 aliphatic heterocycles. The smallest absolute Gasteiger partial charge is 0.393 e. The molecule has 70 valence electrons. The first-order chi connectivity index (χ1) is 6.27. The van der Waals surface area contributed by atoms with Crippen LogP contribution in [0.2, 0.25) is 0 Å². The van der Waals surface area contributed by atoms with Gasteiger partial charge < -0.3 is 12.0 Å². The molecule has 2 rings (SSSR count). The number of hydrogen-bond acceptors (Lipinski definition) is 1. The van der Waals surface area contributed by atoms with Gasteiger partial charge in [-0.05, 0) is 23.8 Å². The van der Waals surface area contributed by atoms with Crippen molar-refractivity contribution < 1.29 is 56.5 Å². The maximum Gasteiger partial charge on any atom is 1.00 e. The van der Waals surface area contributed by atoms with Crippen molar-refractivity contribution in [3.63, 3.8) is 0 Å². The SMILES string of the molecule is [CH2-]CC1(c2ccccc2)CC(O)C1.[K+]. The Bertz CT molecular complexity index is 278. The van der Waals surface area contributed by atoms with Crippen LogP contribution in [0.3, 0.4) is 0 Å².